The largest absolute Gasteiger partial charge is 0.394 e. The molecule has 17 heavy (non-hydrogen) atoms. The monoisotopic (exact) mass is 277 g/mol. The SMILES string of the molecule is Cc1ccc(S(=O)(=O)N[C@@H](CO)C(=O)Cl)cc1. The van der Waals surface area contributed by atoms with Crippen LogP contribution in [0, 0.1) is 6.92 Å². The molecule has 0 aliphatic carbocycles. The van der Waals surface area contributed by atoms with Crippen LogP contribution < -0.4 is 4.72 Å². The number of hydrogen-bond acceptors (Lipinski definition) is 4. The number of carbonyl (C=O) groups excluding carboxylic acids is 1. The Morgan fingerprint density at radius 2 is 1.94 bits per heavy atom. The fraction of sp³-hybridized carbons (Fsp3) is 0.300. The number of rotatable bonds is 5. The van der Waals surface area contributed by atoms with E-state index in [1.165, 1.54) is 12.1 Å². The Balaban J connectivity index is 2.96. The fourth-order valence-corrected chi connectivity index (χ4v) is 2.50. The van der Waals surface area contributed by atoms with Crippen LogP contribution in [0.25, 0.3) is 0 Å². The number of aliphatic hydroxyl groups is 1. The van der Waals surface area contributed by atoms with Gasteiger partial charge in [0, 0.05) is 0 Å². The lowest BCUT2D eigenvalue weighted by Gasteiger charge is -2.12. The zero-order valence-electron chi connectivity index (χ0n) is 9.05. The van der Waals surface area contributed by atoms with E-state index in [4.69, 9.17) is 16.7 Å². The van der Waals surface area contributed by atoms with Crippen LogP contribution in [-0.4, -0.2) is 31.4 Å². The van der Waals surface area contributed by atoms with Gasteiger partial charge < -0.3 is 5.11 Å². The van der Waals surface area contributed by atoms with Gasteiger partial charge in [-0.15, -0.1) is 0 Å². The van der Waals surface area contributed by atoms with Crippen molar-refractivity contribution in [3.05, 3.63) is 29.8 Å². The van der Waals surface area contributed by atoms with Gasteiger partial charge in [0.25, 0.3) is 0 Å². The van der Waals surface area contributed by atoms with Crippen molar-refractivity contribution in [2.75, 3.05) is 6.61 Å². The number of halogens is 1. The van der Waals surface area contributed by atoms with Crippen molar-refractivity contribution in [1.29, 1.82) is 0 Å². The highest BCUT2D eigenvalue weighted by Crippen LogP contribution is 2.10. The van der Waals surface area contributed by atoms with Gasteiger partial charge in [0.15, 0.2) is 0 Å². The van der Waals surface area contributed by atoms with Crippen molar-refractivity contribution >= 4 is 26.9 Å². The Hall–Kier alpha value is -0.950. The first-order valence-electron chi connectivity index (χ1n) is 4.76. The third-order valence-corrected chi connectivity index (χ3v) is 3.84. The van der Waals surface area contributed by atoms with Crippen molar-refractivity contribution in [1.82, 2.24) is 4.72 Å². The highest BCUT2D eigenvalue weighted by atomic mass is 35.5. The minimum atomic E-state index is -3.85. The molecule has 5 nitrogen and oxygen atoms in total. The molecule has 0 amide bonds. The standard InChI is InChI=1S/C10H12ClNO4S/c1-7-2-4-8(5-3-7)17(15,16)12-9(6-13)10(11)14/h2-5,9,12-13H,6H2,1H3/t9-/m0/s1. The van der Waals surface area contributed by atoms with Crippen LogP contribution in [-0.2, 0) is 14.8 Å². The first-order chi connectivity index (χ1) is 7.86. The Labute approximate surface area is 104 Å². The molecule has 2 N–H and O–H groups in total. The van der Waals surface area contributed by atoms with Gasteiger partial charge in [0.1, 0.15) is 6.04 Å². The fourth-order valence-electron chi connectivity index (χ4n) is 1.13. The summed E-state index contributed by atoms with van der Waals surface area (Å²) in [5.74, 6) is 0. The minimum Gasteiger partial charge on any atom is -0.394 e. The maximum Gasteiger partial charge on any atom is 0.242 e. The molecule has 0 heterocycles. The Morgan fingerprint density at radius 3 is 2.35 bits per heavy atom. The number of carbonyl (C=O) groups is 1. The second-order valence-corrected chi connectivity index (χ2v) is 5.56. The zero-order valence-corrected chi connectivity index (χ0v) is 10.6. The van der Waals surface area contributed by atoms with E-state index in [1.807, 2.05) is 11.6 Å². The quantitative estimate of drug-likeness (QED) is 0.763. The van der Waals surface area contributed by atoms with Crippen molar-refractivity contribution in [3.63, 3.8) is 0 Å². The highest BCUT2D eigenvalue weighted by Gasteiger charge is 2.23. The third-order valence-electron chi connectivity index (χ3n) is 2.09. The summed E-state index contributed by atoms with van der Waals surface area (Å²) in [7, 11) is -3.85. The van der Waals surface area contributed by atoms with Crippen LogP contribution in [0.5, 0.6) is 0 Å². The van der Waals surface area contributed by atoms with E-state index in [0.29, 0.717) is 0 Å². The molecule has 0 radical (unpaired) electrons. The van der Waals surface area contributed by atoms with Crippen molar-refractivity contribution < 1.29 is 18.3 Å². The first kappa shape index (κ1) is 14.1. The maximum atomic E-state index is 11.8. The molecule has 0 aliphatic rings. The molecule has 0 aromatic heterocycles. The lowest BCUT2D eigenvalue weighted by molar-refractivity contribution is -0.113. The molecule has 1 rings (SSSR count). The van der Waals surface area contributed by atoms with Gasteiger partial charge in [-0.1, -0.05) is 17.7 Å². The molecule has 1 aromatic rings. The second-order valence-electron chi connectivity index (χ2n) is 3.47. The predicted molar refractivity (Wildman–Crippen MR) is 63.2 cm³/mol. The van der Waals surface area contributed by atoms with Crippen LogP contribution in [0.1, 0.15) is 5.56 Å². The van der Waals surface area contributed by atoms with Crippen LogP contribution in [0.15, 0.2) is 29.2 Å². The van der Waals surface area contributed by atoms with Crippen LogP contribution in [0.3, 0.4) is 0 Å². The van der Waals surface area contributed by atoms with Gasteiger partial charge in [-0.3, -0.25) is 4.79 Å². The lowest BCUT2D eigenvalue weighted by Crippen LogP contribution is -2.41. The van der Waals surface area contributed by atoms with E-state index in [1.54, 1.807) is 12.1 Å². The second kappa shape index (κ2) is 5.59. The molecule has 0 bridgehead atoms. The highest BCUT2D eigenvalue weighted by molar-refractivity contribution is 7.89. The summed E-state index contributed by atoms with van der Waals surface area (Å²) in [4.78, 5) is 10.8. The molecule has 0 saturated carbocycles. The van der Waals surface area contributed by atoms with E-state index >= 15 is 0 Å². The number of aliphatic hydroxyl groups excluding tert-OH is 1. The van der Waals surface area contributed by atoms with Gasteiger partial charge in [-0.2, -0.15) is 4.72 Å². The number of benzene rings is 1. The Bertz CT molecular complexity index is 498. The van der Waals surface area contributed by atoms with Crippen LogP contribution in [0.2, 0.25) is 0 Å². The lowest BCUT2D eigenvalue weighted by atomic mass is 10.2. The van der Waals surface area contributed by atoms with Gasteiger partial charge in [-0.25, -0.2) is 8.42 Å². The van der Waals surface area contributed by atoms with Gasteiger partial charge in [0.05, 0.1) is 11.5 Å². The van der Waals surface area contributed by atoms with Crippen molar-refractivity contribution in [2.45, 2.75) is 17.9 Å². The van der Waals surface area contributed by atoms with Gasteiger partial charge in [0.2, 0.25) is 15.3 Å². The molecule has 0 saturated heterocycles. The summed E-state index contributed by atoms with van der Waals surface area (Å²) in [6.07, 6.45) is 0. The topological polar surface area (TPSA) is 83.5 Å². The summed E-state index contributed by atoms with van der Waals surface area (Å²) < 4.78 is 25.6. The number of nitrogens with one attached hydrogen (secondary N) is 1. The molecule has 0 spiro atoms. The van der Waals surface area contributed by atoms with Crippen molar-refractivity contribution in [3.8, 4) is 0 Å². The molecule has 1 atom stereocenters. The first-order valence-corrected chi connectivity index (χ1v) is 6.62. The normalized spacial score (nSPS) is 13.4. The molecule has 94 valence electrons. The number of hydrogen-bond donors (Lipinski definition) is 2. The smallest absolute Gasteiger partial charge is 0.242 e. The summed E-state index contributed by atoms with van der Waals surface area (Å²) in [6.45, 7) is 1.13. The van der Waals surface area contributed by atoms with E-state index in [9.17, 15) is 13.2 Å². The summed E-state index contributed by atoms with van der Waals surface area (Å²) in [6, 6.07) is 4.74. The van der Waals surface area contributed by atoms with Crippen LogP contribution in [0.4, 0.5) is 0 Å². The summed E-state index contributed by atoms with van der Waals surface area (Å²) in [5, 5.41) is 7.86. The average Bonchev–Trinajstić information content (AvgIpc) is 2.26. The molecule has 7 heteroatoms. The van der Waals surface area contributed by atoms with E-state index < -0.39 is 27.9 Å². The summed E-state index contributed by atoms with van der Waals surface area (Å²) >= 11 is 5.14. The number of sulfonamides is 1. The predicted octanol–water partition coefficient (Wildman–Crippen LogP) is 0.400. The molecule has 0 fully saturated rings. The van der Waals surface area contributed by atoms with E-state index in [-0.39, 0.29) is 4.90 Å². The Morgan fingerprint density at radius 1 is 1.41 bits per heavy atom. The molecule has 0 aliphatic heterocycles. The maximum absolute atomic E-state index is 11.8. The Kier molecular flexibility index (Phi) is 4.64. The molecule has 0 unspecified atom stereocenters. The number of aryl methyl sites for hydroxylation is 1. The summed E-state index contributed by atoms with van der Waals surface area (Å²) in [5.41, 5.74) is 0.913. The third kappa shape index (κ3) is 3.78. The molecule has 1 aromatic carbocycles. The van der Waals surface area contributed by atoms with E-state index in [0.717, 1.165) is 5.56 Å². The van der Waals surface area contributed by atoms with Crippen molar-refractivity contribution in [2.24, 2.45) is 0 Å². The van der Waals surface area contributed by atoms with E-state index in [2.05, 4.69) is 0 Å². The van der Waals surface area contributed by atoms with Gasteiger partial charge >= 0.3 is 0 Å². The molecular weight excluding hydrogens is 266 g/mol. The zero-order chi connectivity index (χ0) is 13.1. The van der Waals surface area contributed by atoms with Crippen LogP contribution >= 0.6 is 11.6 Å². The van der Waals surface area contributed by atoms with Gasteiger partial charge in [-0.05, 0) is 30.7 Å². The molecular formula is C10H12ClNO4S. The minimum absolute atomic E-state index is 0.0134. The average molecular weight is 278 g/mol.